The molecule has 0 atom stereocenters. The SMILES string of the molecule is Cl.O=C(c1cnc(Nc2ccc(F)c(F)c2)c2c1C1CCC2CC1)N1CCS(=O)(=O)CC1. The zero-order chi connectivity index (χ0) is 21.8. The summed E-state index contributed by atoms with van der Waals surface area (Å²) in [6.07, 6.45) is 5.56. The molecule has 0 radical (unpaired) electrons. The van der Waals surface area contributed by atoms with Crippen molar-refractivity contribution in [1.29, 1.82) is 0 Å². The number of sulfone groups is 1. The van der Waals surface area contributed by atoms with E-state index in [1.54, 1.807) is 11.1 Å². The fraction of sp³-hybridized carbons (Fsp3) is 0.455. The predicted octanol–water partition coefficient (Wildman–Crippen LogP) is 4.15. The van der Waals surface area contributed by atoms with Crippen molar-refractivity contribution in [2.75, 3.05) is 29.9 Å². The van der Waals surface area contributed by atoms with Crippen molar-refractivity contribution in [3.05, 3.63) is 52.7 Å². The van der Waals surface area contributed by atoms with Gasteiger partial charge in [0.1, 0.15) is 5.82 Å². The molecule has 1 saturated heterocycles. The van der Waals surface area contributed by atoms with Crippen LogP contribution in [0.2, 0.25) is 0 Å². The Morgan fingerprint density at radius 1 is 1.00 bits per heavy atom. The Bertz CT molecular complexity index is 1150. The molecular weight excluding hydrogens is 460 g/mol. The first kappa shape index (κ1) is 22.9. The second kappa shape index (κ2) is 8.59. The van der Waals surface area contributed by atoms with Gasteiger partial charge in [-0.1, -0.05) is 0 Å². The third kappa shape index (κ3) is 4.08. The van der Waals surface area contributed by atoms with Crippen LogP contribution in [0.25, 0.3) is 0 Å². The van der Waals surface area contributed by atoms with Crippen LogP contribution in [0.5, 0.6) is 0 Å². The third-order valence-electron chi connectivity index (χ3n) is 6.75. The number of carbonyl (C=O) groups excluding carboxylic acids is 1. The van der Waals surface area contributed by atoms with Gasteiger partial charge in [0.05, 0.1) is 17.1 Å². The lowest BCUT2D eigenvalue weighted by Crippen LogP contribution is -2.44. The van der Waals surface area contributed by atoms with Gasteiger partial charge >= 0.3 is 0 Å². The highest BCUT2D eigenvalue weighted by molar-refractivity contribution is 7.91. The second-order valence-electron chi connectivity index (χ2n) is 8.59. The molecule has 10 heteroatoms. The number of amides is 1. The monoisotopic (exact) mass is 483 g/mol. The van der Waals surface area contributed by atoms with Gasteiger partial charge in [-0.05, 0) is 55.2 Å². The fourth-order valence-corrected chi connectivity index (χ4v) is 6.33. The highest BCUT2D eigenvalue weighted by atomic mass is 35.5. The molecule has 2 fully saturated rings. The molecule has 2 bridgehead atoms. The molecular formula is C22H24ClF2N3O3S. The topological polar surface area (TPSA) is 79.4 Å². The summed E-state index contributed by atoms with van der Waals surface area (Å²) >= 11 is 0. The average molecular weight is 484 g/mol. The number of hydrogen-bond acceptors (Lipinski definition) is 5. The molecule has 172 valence electrons. The predicted molar refractivity (Wildman–Crippen MR) is 120 cm³/mol. The minimum absolute atomic E-state index is 0. The number of hydrogen-bond donors (Lipinski definition) is 1. The fourth-order valence-electron chi connectivity index (χ4n) is 5.13. The van der Waals surface area contributed by atoms with Crippen molar-refractivity contribution < 1.29 is 22.0 Å². The molecule has 2 aromatic rings. The average Bonchev–Trinajstić information content (AvgIpc) is 2.77. The van der Waals surface area contributed by atoms with Crippen molar-refractivity contribution in [1.82, 2.24) is 9.88 Å². The molecule has 32 heavy (non-hydrogen) atoms. The van der Waals surface area contributed by atoms with Crippen LogP contribution in [0, 0.1) is 11.6 Å². The zero-order valence-electron chi connectivity index (χ0n) is 17.3. The van der Waals surface area contributed by atoms with Gasteiger partial charge < -0.3 is 10.2 Å². The van der Waals surface area contributed by atoms with Crippen molar-refractivity contribution in [2.24, 2.45) is 0 Å². The van der Waals surface area contributed by atoms with E-state index in [-0.39, 0.29) is 54.7 Å². The maximum atomic E-state index is 13.7. The Morgan fingerprint density at radius 3 is 2.25 bits per heavy atom. The molecule has 1 N–H and O–H groups in total. The van der Waals surface area contributed by atoms with Gasteiger partial charge in [0, 0.05) is 36.6 Å². The molecule has 6 rings (SSSR count). The summed E-state index contributed by atoms with van der Waals surface area (Å²) in [5.41, 5.74) is 2.92. The number of fused-ring (bicyclic) bond motifs is 2. The zero-order valence-corrected chi connectivity index (χ0v) is 18.9. The number of benzene rings is 1. The van der Waals surface area contributed by atoms with Crippen LogP contribution in [0.3, 0.4) is 0 Å². The van der Waals surface area contributed by atoms with Crippen molar-refractivity contribution >= 4 is 39.7 Å². The maximum Gasteiger partial charge on any atom is 0.255 e. The number of rotatable bonds is 3. The molecule has 1 aromatic heterocycles. The summed E-state index contributed by atoms with van der Waals surface area (Å²) in [6.45, 7) is 0.387. The van der Waals surface area contributed by atoms with Crippen LogP contribution in [0.4, 0.5) is 20.3 Å². The van der Waals surface area contributed by atoms with Gasteiger partial charge in [-0.3, -0.25) is 4.79 Å². The summed E-state index contributed by atoms with van der Waals surface area (Å²) in [5, 5.41) is 3.12. The molecule has 1 saturated carbocycles. The lowest BCUT2D eigenvalue weighted by atomic mass is 9.66. The van der Waals surface area contributed by atoms with Gasteiger partial charge in [-0.15, -0.1) is 12.4 Å². The first-order valence-corrected chi connectivity index (χ1v) is 12.4. The quantitative estimate of drug-likeness (QED) is 0.709. The minimum atomic E-state index is -3.08. The number of carbonyl (C=O) groups is 1. The van der Waals surface area contributed by atoms with Crippen LogP contribution in [0.1, 0.15) is 59.0 Å². The number of anilines is 2. The highest BCUT2D eigenvalue weighted by Gasteiger charge is 2.39. The van der Waals surface area contributed by atoms with E-state index >= 15 is 0 Å². The molecule has 0 spiro atoms. The Hall–Kier alpha value is -2.26. The Kier molecular flexibility index (Phi) is 6.15. The number of aromatic nitrogens is 1. The van der Waals surface area contributed by atoms with Crippen LogP contribution in [-0.4, -0.2) is 48.8 Å². The standard InChI is InChI=1S/C22H23F2N3O3S.ClH/c23-17-6-5-15(11-18(17)24)26-21-20-14-3-1-13(2-4-14)19(20)16(12-25-21)22(28)27-7-9-31(29,30)10-8-27;/h5-6,11-14H,1-4,7-10H2,(H,25,26);1H. The van der Waals surface area contributed by atoms with E-state index in [1.807, 2.05) is 0 Å². The Balaban J connectivity index is 0.00000245. The Morgan fingerprint density at radius 2 is 1.62 bits per heavy atom. The van der Waals surface area contributed by atoms with E-state index in [1.165, 1.54) is 6.07 Å². The van der Waals surface area contributed by atoms with E-state index in [0.29, 0.717) is 17.1 Å². The van der Waals surface area contributed by atoms with Crippen molar-refractivity contribution in [2.45, 2.75) is 37.5 Å². The molecule has 1 aromatic carbocycles. The summed E-state index contributed by atoms with van der Waals surface area (Å²) in [4.78, 5) is 19.4. The molecule has 2 heterocycles. The van der Waals surface area contributed by atoms with Crippen LogP contribution in [-0.2, 0) is 9.84 Å². The van der Waals surface area contributed by atoms with E-state index in [9.17, 15) is 22.0 Å². The van der Waals surface area contributed by atoms with Crippen molar-refractivity contribution in [3.8, 4) is 0 Å². The first-order valence-electron chi connectivity index (χ1n) is 10.6. The van der Waals surface area contributed by atoms with Crippen LogP contribution < -0.4 is 5.32 Å². The van der Waals surface area contributed by atoms with Gasteiger partial charge in [0.2, 0.25) is 0 Å². The van der Waals surface area contributed by atoms with Gasteiger partial charge in [0.15, 0.2) is 21.5 Å². The number of pyridine rings is 1. The van der Waals surface area contributed by atoms with E-state index in [4.69, 9.17) is 0 Å². The van der Waals surface area contributed by atoms with Gasteiger partial charge in [-0.2, -0.15) is 0 Å². The molecule has 3 aliphatic carbocycles. The summed E-state index contributed by atoms with van der Waals surface area (Å²) < 4.78 is 50.5. The number of nitrogens with one attached hydrogen (secondary N) is 1. The summed E-state index contributed by atoms with van der Waals surface area (Å²) in [5.74, 6) is -0.974. The molecule has 1 amide bonds. The normalized spacial score (nSPS) is 23.2. The third-order valence-corrected chi connectivity index (χ3v) is 8.36. The van der Waals surface area contributed by atoms with Gasteiger partial charge in [0.25, 0.3) is 5.91 Å². The van der Waals surface area contributed by atoms with E-state index in [0.717, 1.165) is 48.9 Å². The summed E-state index contributed by atoms with van der Waals surface area (Å²) in [6, 6.07) is 3.62. The van der Waals surface area contributed by atoms with Crippen molar-refractivity contribution in [3.63, 3.8) is 0 Å². The lowest BCUT2D eigenvalue weighted by Gasteiger charge is -2.40. The first-order chi connectivity index (χ1) is 14.8. The number of halogens is 3. The maximum absolute atomic E-state index is 13.7. The number of nitrogens with zero attached hydrogens (tertiary/aromatic N) is 2. The molecule has 6 nitrogen and oxygen atoms in total. The molecule has 0 unspecified atom stereocenters. The van der Waals surface area contributed by atoms with Crippen LogP contribution in [0.15, 0.2) is 24.4 Å². The van der Waals surface area contributed by atoms with E-state index < -0.39 is 21.5 Å². The minimum Gasteiger partial charge on any atom is -0.340 e. The van der Waals surface area contributed by atoms with Gasteiger partial charge in [-0.25, -0.2) is 22.2 Å². The lowest BCUT2D eigenvalue weighted by molar-refractivity contribution is 0.0767. The largest absolute Gasteiger partial charge is 0.340 e. The molecule has 1 aliphatic heterocycles. The van der Waals surface area contributed by atoms with Crippen LogP contribution >= 0.6 is 12.4 Å². The highest BCUT2D eigenvalue weighted by Crippen LogP contribution is 2.52. The van der Waals surface area contributed by atoms with E-state index in [2.05, 4.69) is 10.3 Å². The summed E-state index contributed by atoms with van der Waals surface area (Å²) in [7, 11) is -3.08. The second-order valence-corrected chi connectivity index (χ2v) is 10.9. The Labute approximate surface area is 191 Å². The smallest absolute Gasteiger partial charge is 0.255 e. The molecule has 4 aliphatic rings.